The molecule has 1 heterocycles. The van der Waals surface area contributed by atoms with E-state index in [4.69, 9.17) is 4.74 Å². The fourth-order valence-electron chi connectivity index (χ4n) is 2.05. The Morgan fingerprint density at radius 3 is 2.58 bits per heavy atom. The van der Waals surface area contributed by atoms with Gasteiger partial charge in [-0.15, -0.1) is 0 Å². The van der Waals surface area contributed by atoms with E-state index in [1.54, 1.807) is 7.11 Å². The molecule has 1 fully saturated rings. The lowest BCUT2D eigenvalue weighted by Gasteiger charge is -2.21. The normalized spacial score (nSPS) is 19.3. The predicted molar refractivity (Wildman–Crippen MR) is 70.2 cm³/mol. The van der Waals surface area contributed by atoms with E-state index in [1.807, 2.05) is 24.3 Å². The van der Waals surface area contributed by atoms with E-state index >= 15 is 0 Å². The molecule has 1 aromatic rings. The van der Waals surface area contributed by atoms with Crippen LogP contribution in [0.5, 0.6) is 0 Å². The van der Waals surface area contributed by atoms with E-state index in [9.17, 15) is 9.59 Å². The number of benzene rings is 1. The number of methoxy groups -OCH3 is 1. The van der Waals surface area contributed by atoms with Crippen LogP contribution in [0.2, 0.25) is 0 Å². The standard InChI is InChI=1S/C14H18N2O3/c1-19-9-11-4-2-10(3-5-11)8-15-12-6-7-13(17)16-14(12)18/h2-5,12,15H,6-9H2,1H3,(H,16,17,18). The van der Waals surface area contributed by atoms with Crippen LogP contribution in [0.15, 0.2) is 24.3 Å². The van der Waals surface area contributed by atoms with Crippen molar-refractivity contribution in [3.63, 3.8) is 0 Å². The first-order valence-electron chi connectivity index (χ1n) is 6.33. The number of piperidine rings is 1. The summed E-state index contributed by atoms with van der Waals surface area (Å²) in [5.74, 6) is -0.417. The number of carbonyl (C=O) groups is 2. The maximum atomic E-state index is 11.6. The lowest BCUT2D eigenvalue weighted by Crippen LogP contribution is -2.50. The van der Waals surface area contributed by atoms with Crippen molar-refractivity contribution in [2.45, 2.75) is 32.0 Å². The van der Waals surface area contributed by atoms with Gasteiger partial charge in [0.1, 0.15) is 0 Å². The molecule has 0 saturated carbocycles. The quantitative estimate of drug-likeness (QED) is 0.768. The number of amides is 2. The molecule has 0 aromatic heterocycles. The van der Waals surface area contributed by atoms with Gasteiger partial charge in [-0.25, -0.2) is 0 Å². The van der Waals surface area contributed by atoms with Crippen LogP contribution >= 0.6 is 0 Å². The highest BCUT2D eigenvalue weighted by Crippen LogP contribution is 2.08. The summed E-state index contributed by atoms with van der Waals surface area (Å²) in [7, 11) is 1.67. The minimum atomic E-state index is -0.281. The number of hydrogen-bond acceptors (Lipinski definition) is 4. The molecule has 1 aliphatic rings. The first-order chi connectivity index (χ1) is 9.19. The molecule has 0 aliphatic carbocycles. The number of ether oxygens (including phenoxy) is 1. The average Bonchev–Trinajstić information content (AvgIpc) is 2.40. The third kappa shape index (κ3) is 3.87. The summed E-state index contributed by atoms with van der Waals surface area (Å²) in [5, 5.41) is 5.50. The van der Waals surface area contributed by atoms with Crippen molar-refractivity contribution in [1.29, 1.82) is 0 Å². The molecule has 1 unspecified atom stereocenters. The summed E-state index contributed by atoms with van der Waals surface area (Å²) in [6.45, 7) is 1.21. The highest BCUT2D eigenvalue weighted by molar-refractivity contribution is 6.00. The molecule has 1 aliphatic heterocycles. The zero-order valence-corrected chi connectivity index (χ0v) is 10.9. The molecule has 0 spiro atoms. The van der Waals surface area contributed by atoms with Crippen LogP contribution in [0, 0.1) is 0 Å². The number of imide groups is 1. The molecular formula is C14H18N2O3. The molecule has 2 amide bonds. The monoisotopic (exact) mass is 262 g/mol. The van der Waals surface area contributed by atoms with Crippen molar-refractivity contribution in [3.05, 3.63) is 35.4 Å². The molecule has 0 radical (unpaired) electrons. The smallest absolute Gasteiger partial charge is 0.243 e. The van der Waals surface area contributed by atoms with Crippen LogP contribution in [0.1, 0.15) is 24.0 Å². The Morgan fingerprint density at radius 1 is 1.26 bits per heavy atom. The molecule has 19 heavy (non-hydrogen) atoms. The summed E-state index contributed by atoms with van der Waals surface area (Å²) in [6, 6.07) is 7.74. The largest absolute Gasteiger partial charge is 0.380 e. The fraction of sp³-hybridized carbons (Fsp3) is 0.429. The summed E-state index contributed by atoms with van der Waals surface area (Å²) in [5.41, 5.74) is 2.22. The lowest BCUT2D eigenvalue weighted by atomic mass is 10.1. The predicted octanol–water partition coefficient (Wildman–Crippen LogP) is 0.728. The molecule has 0 bridgehead atoms. The molecule has 5 heteroatoms. The summed E-state index contributed by atoms with van der Waals surface area (Å²) in [4.78, 5) is 22.6. The van der Waals surface area contributed by atoms with Crippen molar-refractivity contribution >= 4 is 11.8 Å². The van der Waals surface area contributed by atoms with Crippen LogP contribution in [-0.2, 0) is 27.5 Å². The molecule has 1 atom stereocenters. The van der Waals surface area contributed by atoms with E-state index < -0.39 is 0 Å². The van der Waals surface area contributed by atoms with Gasteiger partial charge in [-0.05, 0) is 17.5 Å². The Bertz CT molecular complexity index is 456. The third-order valence-corrected chi connectivity index (χ3v) is 3.13. The Kier molecular flexibility index (Phi) is 4.65. The third-order valence-electron chi connectivity index (χ3n) is 3.13. The van der Waals surface area contributed by atoms with Crippen molar-refractivity contribution in [1.82, 2.24) is 10.6 Å². The molecular weight excluding hydrogens is 244 g/mol. The highest BCUT2D eigenvalue weighted by Gasteiger charge is 2.25. The van der Waals surface area contributed by atoms with Gasteiger partial charge in [-0.3, -0.25) is 14.9 Å². The van der Waals surface area contributed by atoms with Gasteiger partial charge in [-0.1, -0.05) is 24.3 Å². The summed E-state index contributed by atoms with van der Waals surface area (Å²) in [6.07, 6.45) is 0.961. The number of rotatable bonds is 5. The minimum Gasteiger partial charge on any atom is -0.380 e. The van der Waals surface area contributed by atoms with E-state index in [2.05, 4.69) is 10.6 Å². The number of carbonyl (C=O) groups excluding carboxylic acids is 2. The van der Waals surface area contributed by atoms with Crippen molar-refractivity contribution in [3.8, 4) is 0 Å². The molecule has 2 rings (SSSR count). The fourth-order valence-corrected chi connectivity index (χ4v) is 2.05. The van der Waals surface area contributed by atoms with Gasteiger partial charge >= 0.3 is 0 Å². The van der Waals surface area contributed by atoms with Crippen LogP contribution in [0.25, 0.3) is 0 Å². The van der Waals surface area contributed by atoms with Crippen LogP contribution < -0.4 is 10.6 Å². The van der Waals surface area contributed by atoms with Gasteiger partial charge < -0.3 is 10.1 Å². The molecule has 5 nitrogen and oxygen atoms in total. The second-order valence-corrected chi connectivity index (χ2v) is 4.63. The zero-order chi connectivity index (χ0) is 13.7. The second-order valence-electron chi connectivity index (χ2n) is 4.63. The second kappa shape index (κ2) is 6.45. The SMILES string of the molecule is COCc1ccc(CNC2CCC(=O)NC2=O)cc1. The topological polar surface area (TPSA) is 67.4 Å². The van der Waals surface area contributed by atoms with Gasteiger partial charge in [0.05, 0.1) is 12.6 Å². The van der Waals surface area contributed by atoms with Crippen LogP contribution in [0.3, 0.4) is 0 Å². The Labute approximate surface area is 112 Å². The molecule has 2 N–H and O–H groups in total. The molecule has 1 saturated heterocycles. The van der Waals surface area contributed by atoms with Crippen molar-refractivity contribution in [2.24, 2.45) is 0 Å². The average molecular weight is 262 g/mol. The van der Waals surface area contributed by atoms with E-state index in [0.29, 0.717) is 26.0 Å². The summed E-state index contributed by atoms with van der Waals surface area (Å²) >= 11 is 0. The number of hydrogen-bond donors (Lipinski definition) is 2. The minimum absolute atomic E-state index is 0.188. The lowest BCUT2D eigenvalue weighted by molar-refractivity contribution is -0.134. The van der Waals surface area contributed by atoms with Crippen LogP contribution in [0.4, 0.5) is 0 Å². The highest BCUT2D eigenvalue weighted by atomic mass is 16.5. The van der Waals surface area contributed by atoms with Gasteiger partial charge in [0.15, 0.2) is 0 Å². The maximum absolute atomic E-state index is 11.6. The van der Waals surface area contributed by atoms with Gasteiger partial charge in [0, 0.05) is 20.1 Å². The van der Waals surface area contributed by atoms with E-state index in [1.165, 1.54) is 0 Å². The van der Waals surface area contributed by atoms with Gasteiger partial charge in [0.2, 0.25) is 11.8 Å². The maximum Gasteiger partial charge on any atom is 0.243 e. The van der Waals surface area contributed by atoms with Crippen molar-refractivity contribution < 1.29 is 14.3 Å². The number of nitrogens with one attached hydrogen (secondary N) is 2. The van der Waals surface area contributed by atoms with Gasteiger partial charge in [0.25, 0.3) is 0 Å². The van der Waals surface area contributed by atoms with Crippen LogP contribution in [-0.4, -0.2) is 25.0 Å². The Hall–Kier alpha value is -1.72. The zero-order valence-electron chi connectivity index (χ0n) is 10.9. The molecule has 102 valence electrons. The van der Waals surface area contributed by atoms with E-state index in [-0.39, 0.29) is 17.9 Å². The first-order valence-corrected chi connectivity index (χ1v) is 6.33. The first kappa shape index (κ1) is 13.7. The van der Waals surface area contributed by atoms with Crippen molar-refractivity contribution in [2.75, 3.05) is 7.11 Å². The molecule has 1 aromatic carbocycles. The Morgan fingerprint density at radius 2 is 1.95 bits per heavy atom. The van der Waals surface area contributed by atoms with Gasteiger partial charge in [-0.2, -0.15) is 0 Å². The summed E-state index contributed by atoms with van der Waals surface area (Å²) < 4.78 is 5.05. The Balaban J connectivity index is 1.84. The van der Waals surface area contributed by atoms with E-state index in [0.717, 1.165) is 11.1 Å².